The lowest BCUT2D eigenvalue weighted by atomic mass is 10.2. The van der Waals surface area contributed by atoms with Crippen LogP contribution in [0.1, 0.15) is 20.7 Å². The van der Waals surface area contributed by atoms with E-state index in [0.717, 1.165) is 24.3 Å². The summed E-state index contributed by atoms with van der Waals surface area (Å²) in [5.74, 6) is -3.48. The van der Waals surface area contributed by atoms with Crippen LogP contribution in [-0.2, 0) is 14.3 Å². The Morgan fingerprint density at radius 2 is 1.52 bits per heavy atom. The molecule has 0 spiro atoms. The van der Waals surface area contributed by atoms with E-state index in [1.165, 1.54) is 18.2 Å². The topological polar surface area (TPSA) is 200 Å². The highest BCUT2D eigenvalue weighted by atomic mass is 35.5. The summed E-state index contributed by atoms with van der Waals surface area (Å²) in [6.07, 6.45) is 0. The van der Waals surface area contributed by atoms with Crippen molar-refractivity contribution in [2.24, 2.45) is 0 Å². The molecule has 14 nitrogen and oxygen atoms in total. The normalized spacial score (nSPS) is 9.97. The number of nitro groups is 2. The van der Waals surface area contributed by atoms with Crippen LogP contribution in [0.25, 0.3) is 0 Å². The van der Waals surface area contributed by atoms with E-state index in [4.69, 9.17) is 11.6 Å². The number of nitrogens with one attached hydrogen (secondary N) is 3. The van der Waals surface area contributed by atoms with E-state index in [1.54, 1.807) is 0 Å². The van der Waals surface area contributed by atoms with Crippen molar-refractivity contribution in [3.05, 3.63) is 78.8 Å². The molecule has 2 aromatic rings. The monoisotopic (exact) mass is 479 g/mol. The van der Waals surface area contributed by atoms with Gasteiger partial charge in [0.15, 0.2) is 6.61 Å². The highest BCUT2D eigenvalue weighted by molar-refractivity contribution is 6.32. The molecular weight excluding hydrogens is 466 g/mol. The van der Waals surface area contributed by atoms with Gasteiger partial charge in [0.2, 0.25) is 0 Å². The standard InChI is InChI=1S/C18H14ClN5O9/c19-13-6-3-11(7-14(13)24(31)32)17(27)20-8-16(26)33-9-15(25)21-22-18(28)10-1-4-12(5-2-10)23(29)30/h1-7H,8-9H2,(H,20,27)(H,21,25)(H,22,28). The second-order valence-corrected chi connectivity index (χ2v) is 6.48. The van der Waals surface area contributed by atoms with Crippen molar-refractivity contribution in [1.29, 1.82) is 0 Å². The average molecular weight is 480 g/mol. The zero-order valence-corrected chi connectivity index (χ0v) is 17.2. The molecule has 0 aliphatic carbocycles. The molecule has 2 aromatic carbocycles. The lowest BCUT2D eigenvalue weighted by Gasteiger charge is -2.09. The molecule has 0 aliphatic heterocycles. The van der Waals surface area contributed by atoms with Crippen molar-refractivity contribution in [2.45, 2.75) is 0 Å². The minimum Gasteiger partial charge on any atom is -0.454 e. The number of rotatable bonds is 8. The van der Waals surface area contributed by atoms with Crippen molar-refractivity contribution in [2.75, 3.05) is 13.2 Å². The van der Waals surface area contributed by atoms with E-state index >= 15 is 0 Å². The van der Waals surface area contributed by atoms with Gasteiger partial charge in [-0.3, -0.25) is 50.3 Å². The molecule has 0 saturated heterocycles. The molecule has 0 radical (unpaired) electrons. The Morgan fingerprint density at radius 3 is 2.12 bits per heavy atom. The van der Waals surface area contributed by atoms with Gasteiger partial charge in [0.1, 0.15) is 11.6 Å². The summed E-state index contributed by atoms with van der Waals surface area (Å²) in [5.41, 5.74) is 3.21. The van der Waals surface area contributed by atoms with E-state index in [-0.39, 0.29) is 21.8 Å². The number of amides is 3. The first-order chi connectivity index (χ1) is 15.6. The molecule has 3 amide bonds. The molecule has 0 fully saturated rings. The molecule has 0 aromatic heterocycles. The fourth-order valence-electron chi connectivity index (χ4n) is 2.21. The Hall–Kier alpha value is -4.59. The number of hydrogen-bond donors (Lipinski definition) is 3. The SMILES string of the molecule is O=C(COC(=O)CNC(=O)c1ccc(Cl)c([N+](=O)[O-])c1)NNC(=O)c1ccc([N+](=O)[O-])cc1. The summed E-state index contributed by atoms with van der Waals surface area (Å²) in [7, 11) is 0. The van der Waals surface area contributed by atoms with Gasteiger partial charge >= 0.3 is 5.97 Å². The summed E-state index contributed by atoms with van der Waals surface area (Å²) in [5, 5.41) is 23.4. The van der Waals surface area contributed by atoms with E-state index in [9.17, 15) is 39.4 Å². The van der Waals surface area contributed by atoms with Crippen molar-refractivity contribution < 1.29 is 33.8 Å². The van der Waals surface area contributed by atoms with Crippen LogP contribution in [0.4, 0.5) is 11.4 Å². The number of esters is 1. The third kappa shape index (κ3) is 7.25. The highest BCUT2D eigenvalue weighted by Gasteiger charge is 2.17. The zero-order chi connectivity index (χ0) is 24.5. The molecule has 0 unspecified atom stereocenters. The van der Waals surface area contributed by atoms with Crippen LogP contribution < -0.4 is 16.2 Å². The van der Waals surface area contributed by atoms with Crippen LogP contribution in [0.5, 0.6) is 0 Å². The molecule has 2 rings (SSSR count). The fourth-order valence-corrected chi connectivity index (χ4v) is 2.40. The molecular formula is C18H14ClN5O9. The third-order valence-corrected chi connectivity index (χ3v) is 4.14. The van der Waals surface area contributed by atoms with Crippen LogP contribution >= 0.6 is 11.6 Å². The second-order valence-electron chi connectivity index (χ2n) is 6.07. The summed E-state index contributed by atoms with van der Waals surface area (Å²) in [6.45, 7) is -1.43. The van der Waals surface area contributed by atoms with Crippen LogP contribution in [0.15, 0.2) is 42.5 Å². The Morgan fingerprint density at radius 1 is 0.879 bits per heavy atom. The number of carbonyl (C=O) groups excluding carboxylic acids is 4. The minimum absolute atomic E-state index is 0.0306. The maximum Gasteiger partial charge on any atom is 0.325 e. The third-order valence-electron chi connectivity index (χ3n) is 3.82. The number of carbonyl (C=O) groups is 4. The van der Waals surface area contributed by atoms with Gasteiger partial charge in [0, 0.05) is 29.3 Å². The minimum atomic E-state index is -0.997. The van der Waals surface area contributed by atoms with Crippen molar-refractivity contribution >= 4 is 46.7 Å². The summed E-state index contributed by atoms with van der Waals surface area (Å²) < 4.78 is 4.63. The first-order valence-corrected chi connectivity index (χ1v) is 9.17. The first-order valence-electron chi connectivity index (χ1n) is 8.80. The Balaban J connectivity index is 1.74. The molecule has 0 bridgehead atoms. The van der Waals surface area contributed by atoms with Gasteiger partial charge < -0.3 is 10.1 Å². The Bertz CT molecular complexity index is 1120. The van der Waals surface area contributed by atoms with Gasteiger partial charge in [-0.15, -0.1) is 0 Å². The van der Waals surface area contributed by atoms with Crippen LogP contribution in [0.3, 0.4) is 0 Å². The van der Waals surface area contributed by atoms with Gasteiger partial charge in [-0.2, -0.15) is 0 Å². The van der Waals surface area contributed by atoms with Crippen molar-refractivity contribution in [1.82, 2.24) is 16.2 Å². The molecule has 33 heavy (non-hydrogen) atoms. The highest BCUT2D eigenvalue weighted by Crippen LogP contribution is 2.24. The average Bonchev–Trinajstić information content (AvgIpc) is 2.79. The largest absolute Gasteiger partial charge is 0.454 e. The van der Waals surface area contributed by atoms with E-state index < -0.39 is 52.4 Å². The summed E-state index contributed by atoms with van der Waals surface area (Å²) in [4.78, 5) is 67.2. The van der Waals surface area contributed by atoms with Gasteiger partial charge in [0.25, 0.3) is 29.1 Å². The van der Waals surface area contributed by atoms with Gasteiger partial charge in [-0.1, -0.05) is 11.6 Å². The lowest BCUT2D eigenvalue weighted by molar-refractivity contribution is -0.385. The second kappa shape index (κ2) is 11.1. The number of nitrogens with zero attached hydrogens (tertiary/aromatic N) is 2. The number of benzene rings is 2. The molecule has 0 saturated carbocycles. The molecule has 0 atom stereocenters. The quantitative estimate of drug-likeness (QED) is 0.279. The number of ether oxygens (including phenoxy) is 1. The van der Waals surface area contributed by atoms with Gasteiger partial charge in [0.05, 0.1) is 9.85 Å². The molecule has 3 N–H and O–H groups in total. The maximum atomic E-state index is 12.0. The van der Waals surface area contributed by atoms with Gasteiger partial charge in [-0.25, -0.2) is 0 Å². The summed E-state index contributed by atoms with van der Waals surface area (Å²) >= 11 is 5.66. The van der Waals surface area contributed by atoms with Crippen molar-refractivity contribution in [3.63, 3.8) is 0 Å². The number of halogens is 1. The zero-order valence-electron chi connectivity index (χ0n) is 16.4. The van der Waals surface area contributed by atoms with Crippen LogP contribution in [-0.4, -0.2) is 46.7 Å². The Kier molecular flexibility index (Phi) is 8.34. The van der Waals surface area contributed by atoms with E-state index in [1.807, 2.05) is 10.9 Å². The number of hydrogen-bond acceptors (Lipinski definition) is 9. The predicted octanol–water partition coefficient (Wildman–Crippen LogP) is 0.891. The molecule has 172 valence electrons. The number of hydrazine groups is 1. The van der Waals surface area contributed by atoms with E-state index in [2.05, 4.69) is 10.1 Å². The van der Waals surface area contributed by atoms with Crippen LogP contribution in [0, 0.1) is 20.2 Å². The maximum absolute atomic E-state index is 12.0. The van der Waals surface area contributed by atoms with E-state index in [0.29, 0.717) is 0 Å². The molecule has 0 heterocycles. The Labute approximate surface area is 189 Å². The number of non-ortho nitro benzene ring substituents is 1. The molecule has 0 aliphatic rings. The number of nitro benzene ring substituents is 2. The fraction of sp³-hybridized carbons (Fsp3) is 0.111. The lowest BCUT2D eigenvalue weighted by Crippen LogP contribution is -2.44. The first kappa shape index (κ1) is 24.7. The summed E-state index contributed by atoms with van der Waals surface area (Å²) in [6, 6.07) is 7.88. The molecule has 15 heteroatoms. The predicted molar refractivity (Wildman–Crippen MR) is 110 cm³/mol. The van der Waals surface area contributed by atoms with Crippen molar-refractivity contribution in [3.8, 4) is 0 Å². The van der Waals surface area contributed by atoms with Crippen LogP contribution in [0.2, 0.25) is 5.02 Å². The van der Waals surface area contributed by atoms with Gasteiger partial charge in [-0.05, 0) is 24.3 Å². The smallest absolute Gasteiger partial charge is 0.325 e.